The van der Waals surface area contributed by atoms with Gasteiger partial charge in [-0.05, 0) is 43.0 Å². The summed E-state index contributed by atoms with van der Waals surface area (Å²) >= 11 is 1.63. The van der Waals surface area contributed by atoms with Gasteiger partial charge in [-0.1, -0.05) is 18.2 Å². The molecule has 0 saturated heterocycles. The zero-order chi connectivity index (χ0) is 19.1. The fourth-order valence-corrected chi connectivity index (χ4v) is 2.89. The van der Waals surface area contributed by atoms with E-state index in [1.54, 1.807) is 11.8 Å². The maximum Gasteiger partial charge on any atom is 0.322 e. The first-order valence-corrected chi connectivity index (χ1v) is 9.32. The summed E-state index contributed by atoms with van der Waals surface area (Å²) in [5.41, 5.74) is 0.458. The largest absolute Gasteiger partial charge is 0.383 e. The number of methoxy groups -OCH3 is 1. The van der Waals surface area contributed by atoms with E-state index in [4.69, 9.17) is 4.74 Å². The van der Waals surface area contributed by atoms with Gasteiger partial charge in [-0.2, -0.15) is 0 Å². The molecule has 2 aromatic rings. The molecule has 0 bridgehead atoms. The van der Waals surface area contributed by atoms with E-state index in [0.29, 0.717) is 13.2 Å². The van der Waals surface area contributed by atoms with Crippen LogP contribution in [0.3, 0.4) is 0 Å². The van der Waals surface area contributed by atoms with E-state index in [1.165, 1.54) is 18.1 Å². The predicted octanol–water partition coefficient (Wildman–Crippen LogP) is 4.76. The van der Waals surface area contributed by atoms with Crippen molar-refractivity contribution in [2.75, 3.05) is 25.3 Å². The molecule has 7 heteroatoms. The highest BCUT2D eigenvalue weighted by Crippen LogP contribution is 2.21. The van der Waals surface area contributed by atoms with E-state index >= 15 is 0 Å². The van der Waals surface area contributed by atoms with Gasteiger partial charge in [0.15, 0.2) is 0 Å². The van der Waals surface area contributed by atoms with Gasteiger partial charge in [-0.25, -0.2) is 13.6 Å². The first-order chi connectivity index (χ1) is 12.5. The molecule has 26 heavy (non-hydrogen) atoms. The standard InChI is InChI=1S/C19H22F2N2O2S/c1-13(12-25-2)23(11-14-7-9-15(26-3)10-8-14)19(24)22-18-16(20)5-4-6-17(18)21/h4-10,13H,11-12H2,1-3H3,(H,22,24)/t13-/m0/s1. The molecule has 0 aliphatic carbocycles. The summed E-state index contributed by atoms with van der Waals surface area (Å²) in [5, 5.41) is 2.34. The number of nitrogens with one attached hydrogen (secondary N) is 1. The van der Waals surface area contributed by atoms with Crippen LogP contribution in [0.5, 0.6) is 0 Å². The van der Waals surface area contributed by atoms with E-state index in [2.05, 4.69) is 5.32 Å². The summed E-state index contributed by atoms with van der Waals surface area (Å²) in [6.45, 7) is 2.41. The molecule has 0 aliphatic rings. The number of carbonyl (C=O) groups excluding carboxylic acids is 1. The van der Waals surface area contributed by atoms with Crippen LogP contribution in [0.1, 0.15) is 12.5 Å². The van der Waals surface area contributed by atoms with Crippen LogP contribution in [0, 0.1) is 11.6 Å². The molecule has 0 saturated carbocycles. The topological polar surface area (TPSA) is 41.6 Å². The molecule has 1 atom stereocenters. The minimum atomic E-state index is -0.818. The molecular formula is C19H22F2N2O2S. The van der Waals surface area contributed by atoms with Crippen molar-refractivity contribution in [3.05, 3.63) is 59.7 Å². The molecule has 0 aromatic heterocycles. The van der Waals surface area contributed by atoms with Crippen molar-refractivity contribution in [1.29, 1.82) is 0 Å². The van der Waals surface area contributed by atoms with Gasteiger partial charge >= 0.3 is 6.03 Å². The van der Waals surface area contributed by atoms with Crippen LogP contribution in [0.2, 0.25) is 0 Å². The number of hydrogen-bond donors (Lipinski definition) is 1. The SMILES string of the molecule is COC[C@H](C)N(Cc1ccc(SC)cc1)C(=O)Nc1c(F)cccc1F. The van der Waals surface area contributed by atoms with Crippen LogP contribution in [-0.4, -0.2) is 36.9 Å². The van der Waals surface area contributed by atoms with E-state index in [1.807, 2.05) is 37.4 Å². The molecule has 0 unspecified atom stereocenters. The maximum atomic E-state index is 13.8. The highest BCUT2D eigenvalue weighted by Gasteiger charge is 2.22. The van der Waals surface area contributed by atoms with Gasteiger partial charge in [0.2, 0.25) is 0 Å². The Kier molecular flexibility index (Phi) is 7.41. The van der Waals surface area contributed by atoms with Gasteiger partial charge in [0.1, 0.15) is 17.3 Å². The highest BCUT2D eigenvalue weighted by atomic mass is 32.2. The predicted molar refractivity (Wildman–Crippen MR) is 100 cm³/mol. The van der Waals surface area contributed by atoms with Crippen molar-refractivity contribution in [2.45, 2.75) is 24.4 Å². The number of para-hydroxylation sites is 1. The number of carbonyl (C=O) groups is 1. The molecular weight excluding hydrogens is 358 g/mol. The van der Waals surface area contributed by atoms with Crippen LogP contribution < -0.4 is 5.32 Å². The molecule has 2 rings (SSSR count). The minimum Gasteiger partial charge on any atom is -0.383 e. The normalized spacial score (nSPS) is 11.9. The van der Waals surface area contributed by atoms with E-state index in [-0.39, 0.29) is 6.04 Å². The molecule has 0 radical (unpaired) electrons. The molecule has 2 amide bonds. The lowest BCUT2D eigenvalue weighted by Crippen LogP contribution is -2.43. The Hall–Kier alpha value is -2.12. The Balaban J connectivity index is 2.21. The van der Waals surface area contributed by atoms with E-state index < -0.39 is 23.4 Å². The number of amides is 2. The number of ether oxygens (including phenoxy) is 1. The summed E-state index contributed by atoms with van der Waals surface area (Å²) in [7, 11) is 1.54. The monoisotopic (exact) mass is 380 g/mol. The summed E-state index contributed by atoms with van der Waals surface area (Å²) in [4.78, 5) is 15.3. The third-order valence-corrected chi connectivity index (χ3v) is 4.65. The Morgan fingerprint density at radius 2 is 1.81 bits per heavy atom. The Morgan fingerprint density at radius 1 is 1.19 bits per heavy atom. The van der Waals surface area contributed by atoms with Crippen LogP contribution in [-0.2, 0) is 11.3 Å². The zero-order valence-corrected chi connectivity index (χ0v) is 15.8. The first kappa shape index (κ1) is 20.2. The number of anilines is 1. The summed E-state index contributed by atoms with van der Waals surface area (Å²) in [6, 6.07) is 10.4. The number of urea groups is 1. The molecule has 0 aliphatic heterocycles. The Morgan fingerprint density at radius 3 is 2.35 bits per heavy atom. The number of hydrogen-bond acceptors (Lipinski definition) is 3. The quantitative estimate of drug-likeness (QED) is 0.705. The Bertz CT molecular complexity index is 721. The summed E-state index contributed by atoms with van der Waals surface area (Å²) in [5.74, 6) is -1.64. The highest BCUT2D eigenvalue weighted by molar-refractivity contribution is 7.98. The van der Waals surface area contributed by atoms with Crippen molar-refractivity contribution in [3.63, 3.8) is 0 Å². The molecule has 2 aromatic carbocycles. The second-order valence-corrected chi connectivity index (χ2v) is 6.69. The van der Waals surface area contributed by atoms with Gasteiger partial charge < -0.3 is 15.0 Å². The summed E-state index contributed by atoms with van der Waals surface area (Å²) < 4.78 is 32.8. The van der Waals surface area contributed by atoms with Crippen molar-refractivity contribution in [2.24, 2.45) is 0 Å². The third-order valence-electron chi connectivity index (χ3n) is 3.91. The van der Waals surface area contributed by atoms with Gasteiger partial charge in [0.25, 0.3) is 0 Å². The second-order valence-electron chi connectivity index (χ2n) is 5.81. The molecule has 0 heterocycles. The van der Waals surface area contributed by atoms with Crippen molar-refractivity contribution in [3.8, 4) is 0 Å². The van der Waals surface area contributed by atoms with Crippen LogP contribution in [0.4, 0.5) is 19.3 Å². The average molecular weight is 380 g/mol. The zero-order valence-electron chi connectivity index (χ0n) is 15.0. The number of halogens is 2. The van der Waals surface area contributed by atoms with E-state index in [0.717, 1.165) is 22.6 Å². The van der Waals surface area contributed by atoms with Crippen LogP contribution >= 0.6 is 11.8 Å². The Labute approximate surface area is 156 Å². The molecule has 0 fully saturated rings. The van der Waals surface area contributed by atoms with Crippen LogP contribution in [0.15, 0.2) is 47.4 Å². The minimum absolute atomic E-state index is 0.282. The van der Waals surface area contributed by atoms with Crippen molar-refractivity contribution < 1.29 is 18.3 Å². The molecule has 0 spiro atoms. The third kappa shape index (κ3) is 5.19. The van der Waals surface area contributed by atoms with Gasteiger partial charge in [0, 0.05) is 18.6 Å². The fraction of sp³-hybridized carbons (Fsp3) is 0.316. The molecule has 140 valence electrons. The average Bonchev–Trinajstić information content (AvgIpc) is 2.63. The fourth-order valence-electron chi connectivity index (χ4n) is 2.48. The first-order valence-electron chi connectivity index (χ1n) is 8.09. The smallest absolute Gasteiger partial charge is 0.322 e. The maximum absolute atomic E-state index is 13.8. The van der Waals surface area contributed by atoms with Crippen molar-refractivity contribution >= 4 is 23.5 Å². The number of thioether (sulfide) groups is 1. The second kappa shape index (κ2) is 9.54. The lowest BCUT2D eigenvalue weighted by Gasteiger charge is -2.29. The van der Waals surface area contributed by atoms with E-state index in [9.17, 15) is 13.6 Å². The number of benzene rings is 2. The lowest BCUT2D eigenvalue weighted by molar-refractivity contribution is 0.113. The molecule has 1 N–H and O–H groups in total. The van der Waals surface area contributed by atoms with Gasteiger partial charge in [-0.3, -0.25) is 0 Å². The van der Waals surface area contributed by atoms with Crippen molar-refractivity contribution in [1.82, 2.24) is 4.90 Å². The molecule has 4 nitrogen and oxygen atoms in total. The lowest BCUT2D eigenvalue weighted by atomic mass is 10.2. The number of rotatable bonds is 7. The number of nitrogens with zero attached hydrogens (tertiary/aromatic N) is 1. The van der Waals surface area contributed by atoms with Gasteiger partial charge in [0.05, 0.1) is 12.6 Å². The summed E-state index contributed by atoms with van der Waals surface area (Å²) in [6.07, 6.45) is 1.98. The van der Waals surface area contributed by atoms with Gasteiger partial charge in [-0.15, -0.1) is 11.8 Å². The van der Waals surface area contributed by atoms with Crippen LogP contribution in [0.25, 0.3) is 0 Å².